The molecule has 0 N–H and O–H groups in total. The van der Waals surface area contributed by atoms with Crippen LogP contribution in [0.1, 0.15) is 37.9 Å². The fourth-order valence-electron chi connectivity index (χ4n) is 2.19. The zero-order chi connectivity index (χ0) is 12.0. The number of imidazole rings is 1. The number of fused-ring (bicyclic) bond motifs is 1. The highest BCUT2D eigenvalue weighted by molar-refractivity contribution is 6.20. The van der Waals surface area contributed by atoms with Crippen molar-refractivity contribution in [2.45, 2.75) is 38.6 Å². The van der Waals surface area contributed by atoms with Gasteiger partial charge in [-0.2, -0.15) is 0 Å². The van der Waals surface area contributed by atoms with Crippen molar-refractivity contribution >= 4 is 22.8 Å². The van der Waals surface area contributed by atoms with Crippen molar-refractivity contribution in [3.8, 4) is 0 Å². The molecule has 1 aliphatic rings. The second-order valence-corrected chi connectivity index (χ2v) is 5.98. The number of aromatic nitrogens is 3. The van der Waals surface area contributed by atoms with Gasteiger partial charge in [0, 0.05) is 12.7 Å². The molecule has 0 bridgehead atoms. The lowest BCUT2D eigenvalue weighted by molar-refractivity contribution is 0.459. The van der Waals surface area contributed by atoms with Gasteiger partial charge in [0.2, 0.25) is 0 Å². The highest BCUT2D eigenvalue weighted by atomic mass is 35.5. The molecule has 1 fully saturated rings. The van der Waals surface area contributed by atoms with Gasteiger partial charge in [0.25, 0.3) is 0 Å². The van der Waals surface area contributed by atoms with Crippen molar-refractivity contribution in [3.63, 3.8) is 0 Å². The molecule has 3 nitrogen and oxygen atoms in total. The lowest BCUT2D eigenvalue weighted by Crippen LogP contribution is -2.12. The smallest absolute Gasteiger partial charge is 0.160 e. The first-order valence-electron chi connectivity index (χ1n) is 6.04. The maximum atomic E-state index is 6.22. The van der Waals surface area contributed by atoms with Crippen LogP contribution >= 0.6 is 11.6 Å². The average molecular weight is 250 g/mol. The molecule has 0 aliphatic heterocycles. The first kappa shape index (κ1) is 11.0. The van der Waals surface area contributed by atoms with Crippen molar-refractivity contribution in [3.05, 3.63) is 24.2 Å². The van der Waals surface area contributed by atoms with E-state index in [1.165, 1.54) is 12.8 Å². The van der Waals surface area contributed by atoms with Crippen molar-refractivity contribution in [1.82, 2.24) is 14.5 Å². The molecule has 0 aromatic carbocycles. The van der Waals surface area contributed by atoms with Crippen LogP contribution in [-0.4, -0.2) is 14.5 Å². The molecule has 1 saturated carbocycles. The van der Waals surface area contributed by atoms with Crippen LogP contribution in [0.5, 0.6) is 0 Å². The Labute approximate surface area is 106 Å². The molecule has 1 atom stereocenters. The summed E-state index contributed by atoms with van der Waals surface area (Å²) < 4.78 is 2.19. The van der Waals surface area contributed by atoms with Gasteiger partial charge in [-0.3, -0.25) is 0 Å². The van der Waals surface area contributed by atoms with Crippen LogP contribution in [0.25, 0.3) is 11.2 Å². The summed E-state index contributed by atoms with van der Waals surface area (Å²) in [7, 11) is 0. The lowest BCUT2D eigenvalue weighted by atomic mass is 10.1. The Hall–Kier alpha value is -1.09. The summed E-state index contributed by atoms with van der Waals surface area (Å²) >= 11 is 6.22. The standard InChI is InChI=1S/C13H16ClN3/c1-9(14)11-16-10-4-3-7-15-12(10)17(11)8-13(2)5-6-13/h3-4,7,9H,5-6,8H2,1-2H3. The molecular weight excluding hydrogens is 234 g/mol. The third-order valence-corrected chi connectivity index (χ3v) is 3.73. The molecule has 90 valence electrons. The van der Waals surface area contributed by atoms with E-state index in [1.807, 2.05) is 25.3 Å². The van der Waals surface area contributed by atoms with E-state index in [4.69, 9.17) is 11.6 Å². The van der Waals surface area contributed by atoms with Crippen LogP contribution in [-0.2, 0) is 6.54 Å². The summed E-state index contributed by atoms with van der Waals surface area (Å²) in [6.45, 7) is 5.26. The monoisotopic (exact) mass is 249 g/mol. The summed E-state index contributed by atoms with van der Waals surface area (Å²) in [5.74, 6) is 0.938. The first-order chi connectivity index (χ1) is 8.09. The van der Waals surface area contributed by atoms with Crippen molar-refractivity contribution in [2.75, 3.05) is 0 Å². The van der Waals surface area contributed by atoms with Gasteiger partial charge in [0.15, 0.2) is 5.65 Å². The largest absolute Gasteiger partial charge is 0.311 e. The Morgan fingerprint density at radius 3 is 2.94 bits per heavy atom. The maximum absolute atomic E-state index is 6.22. The molecular formula is C13H16ClN3. The fraction of sp³-hybridized carbons (Fsp3) is 0.538. The normalized spacial score (nSPS) is 19.5. The second kappa shape index (κ2) is 3.70. The van der Waals surface area contributed by atoms with E-state index in [-0.39, 0.29) is 5.38 Å². The number of halogens is 1. The molecule has 1 aliphatic carbocycles. The predicted molar refractivity (Wildman–Crippen MR) is 69.1 cm³/mol. The minimum absolute atomic E-state index is 0.0773. The van der Waals surface area contributed by atoms with Crippen LogP contribution in [0.2, 0.25) is 0 Å². The van der Waals surface area contributed by atoms with Crippen LogP contribution in [0.15, 0.2) is 18.3 Å². The van der Waals surface area contributed by atoms with Gasteiger partial charge in [-0.15, -0.1) is 11.6 Å². The molecule has 0 saturated heterocycles. The first-order valence-corrected chi connectivity index (χ1v) is 6.48. The molecule has 0 radical (unpaired) electrons. The summed E-state index contributed by atoms with van der Waals surface area (Å²) in [4.78, 5) is 9.03. The van der Waals surface area contributed by atoms with E-state index < -0.39 is 0 Å². The van der Waals surface area contributed by atoms with E-state index in [0.29, 0.717) is 5.41 Å². The number of pyridine rings is 1. The molecule has 4 heteroatoms. The van der Waals surface area contributed by atoms with Gasteiger partial charge < -0.3 is 4.57 Å². The van der Waals surface area contributed by atoms with E-state index in [9.17, 15) is 0 Å². The van der Waals surface area contributed by atoms with Gasteiger partial charge in [0.05, 0.1) is 5.38 Å². The van der Waals surface area contributed by atoms with Gasteiger partial charge >= 0.3 is 0 Å². The highest BCUT2D eigenvalue weighted by Crippen LogP contribution is 2.47. The highest BCUT2D eigenvalue weighted by Gasteiger charge is 2.38. The Morgan fingerprint density at radius 2 is 2.29 bits per heavy atom. The van der Waals surface area contributed by atoms with Crippen LogP contribution in [0.4, 0.5) is 0 Å². The summed E-state index contributed by atoms with van der Waals surface area (Å²) in [6.07, 6.45) is 4.39. The number of hydrogen-bond donors (Lipinski definition) is 0. The van der Waals surface area contributed by atoms with Gasteiger partial charge in [-0.05, 0) is 37.3 Å². The Bertz CT molecular complexity index is 555. The van der Waals surface area contributed by atoms with Crippen molar-refractivity contribution < 1.29 is 0 Å². The summed E-state index contributed by atoms with van der Waals surface area (Å²) in [5, 5.41) is -0.0773. The molecule has 3 rings (SSSR count). The average Bonchev–Trinajstić information content (AvgIpc) is 2.90. The fourth-order valence-corrected chi connectivity index (χ4v) is 2.36. The number of rotatable bonds is 3. The topological polar surface area (TPSA) is 30.7 Å². The van der Waals surface area contributed by atoms with E-state index in [0.717, 1.165) is 23.5 Å². The number of alkyl halides is 1. The number of nitrogens with zero attached hydrogens (tertiary/aromatic N) is 3. The zero-order valence-electron chi connectivity index (χ0n) is 10.2. The third kappa shape index (κ3) is 1.93. The minimum Gasteiger partial charge on any atom is -0.311 e. The molecule has 17 heavy (non-hydrogen) atoms. The maximum Gasteiger partial charge on any atom is 0.160 e. The molecule has 1 unspecified atom stereocenters. The SMILES string of the molecule is CC(Cl)c1nc2cccnc2n1CC1(C)CC1. The molecule has 0 amide bonds. The summed E-state index contributed by atoms with van der Waals surface area (Å²) in [5.41, 5.74) is 2.33. The predicted octanol–water partition coefficient (Wildman–Crippen LogP) is 3.53. The molecule has 2 aromatic rings. The molecule has 0 spiro atoms. The van der Waals surface area contributed by atoms with Crippen LogP contribution in [0.3, 0.4) is 0 Å². The van der Waals surface area contributed by atoms with Gasteiger partial charge in [-0.1, -0.05) is 6.92 Å². The van der Waals surface area contributed by atoms with Crippen LogP contribution in [0, 0.1) is 5.41 Å². The lowest BCUT2D eigenvalue weighted by Gasteiger charge is -2.14. The zero-order valence-corrected chi connectivity index (χ0v) is 10.9. The van der Waals surface area contributed by atoms with E-state index >= 15 is 0 Å². The Balaban J connectivity index is 2.14. The van der Waals surface area contributed by atoms with E-state index in [2.05, 4.69) is 21.5 Å². The quantitative estimate of drug-likeness (QED) is 0.779. The van der Waals surface area contributed by atoms with Crippen molar-refractivity contribution in [1.29, 1.82) is 0 Å². The third-order valence-electron chi connectivity index (χ3n) is 3.53. The van der Waals surface area contributed by atoms with Crippen LogP contribution < -0.4 is 0 Å². The van der Waals surface area contributed by atoms with Gasteiger partial charge in [-0.25, -0.2) is 9.97 Å². The molecule has 2 aromatic heterocycles. The molecule has 2 heterocycles. The second-order valence-electron chi connectivity index (χ2n) is 5.33. The van der Waals surface area contributed by atoms with Gasteiger partial charge in [0.1, 0.15) is 11.3 Å². The summed E-state index contributed by atoms with van der Waals surface area (Å²) in [6, 6.07) is 3.91. The Kier molecular flexibility index (Phi) is 2.40. The number of hydrogen-bond acceptors (Lipinski definition) is 2. The van der Waals surface area contributed by atoms with Crippen molar-refractivity contribution in [2.24, 2.45) is 5.41 Å². The Morgan fingerprint density at radius 1 is 1.53 bits per heavy atom. The van der Waals surface area contributed by atoms with E-state index in [1.54, 1.807) is 0 Å². The minimum atomic E-state index is -0.0773.